The molecule has 1 saturated carbocycles. The van der Waals surface area contributed by atoms with Gasteiger partial charge in [0.1, 0.15) is 0 Å². The maximum atomic E-state index is 10.3. The van der Waals surface area contributed by atoms with Crippen LogP contribution >= 0.6 is 0 Å². The van der Waals surface area contributed by atoms with E-state index < -0.39 is 0 Å². The summed E-state index contributed by atoms with van der Waals surface area (Å²) in [6, 6.07) is 0.615. The molecule has 5 atom stereocenters. The molecule has 1 rings (SSSR count). The summed E-state index contributed by atoms with van der Waals surface area (Å²) in [7, 11) is 2.21. The molecule has 108 valence electrons. The number of aliphatic hydroxyl groups excluding tert-OH is 1. The fourth-order valence-corrected chi connectivity index (χ4v) is 3.55. The Morgan fingerprint density at radius 1 is 1.17 bits per heavy atom. The highest BCUT2D eigenvalue weighted by atomic mass is 16.3. The quantitative estimate of drug-likeness (QED) is 0.814. The van der Waals surface area contributed by atoms with E-state index in [9.17, 15) is 5.11 Å². The van der Waals surface area contributed by atoms with Crippen molar-refractivity contribution in [3.63, 3.8) is 0 Å². The van der Waals surface area contributed by atoms with Crippen molar-refractivity contribution in [1.29, 1.82) is 0 Å². The van der Waals surface area contributed by atoms with Crippen molar-refractivity contribution in [3.8, 4) is 0 Å². The fraction of sp³-hybridized carbons (Fsp3) is 1.00. The first-order chi connectivity index (χ1) is 8.31. The van der Waals surface area contributed by atoms with Crippen LogP contribution in [-0.4, -0.2) is 35.7 Å². The average Bonchev–Trinajstić information content (AvgIpc) is 2.21. The Hall–Kier alpha value is -0.0800. The van der Waals surface area contributed by atoms with Crippen LogP contribution in [0.5, 0.6) is 0 Å². The minimum atomic E-state index is -0.0996. The molecule has 1 fully saturated rings. The molecule has 0 aromatic heterocycles. The van der Waals surface area contributed by atoms with Gasteiger partial charge in [-0.1, -0.05) is 27.7 Å². The summed E-state index contributed by atoms with van der Waals surface area (Å²) in [5, 5.41) is 10.3. The smallest absolute Gasteiger partial charge is 0.0585 e. The minimum Gasteiger partial charge on any atom is -0.393 e. The Labute approximate surface area is 114 Å². The van der Waals surface area contributed by atoms with Gasteiger partial charge in [0.15, 0.2) is 0 Å². The summed E-state index contributed by atoms with van der Waals surface area (Å²) in [6.45, 7) is 12.5. The highest BCUT2D eigenvalue weighted by Crippen LogP contribution is 2.34. The first-order valence-corrected chi connectivity index (χ1v) is 7.69. The fourth-order valence-electron chi connectivity index (χ4n) is 3.55. The lowest BCUT2D eigenvalue weighted by molar-refractivity contribution is -0.00422. The van der Waals surface area contributed by atoms with Gasteiger partial charge in [-0.15, -0.1) is 0 Å². The molecule has 2 heteroatoms. The van der Waals surface area contributed by atoms with Crippen molar-refractivity contribution < 1.29 is 5.11 Å². The van der Waals surface area contributed by atoms with Crippen LogP contribution in [0, 0.1) is 23.7 Å². The van der Waals surface area contributed by atoms with Crippen molar-refractivity contribution in [3.05, 3.63) is 0 Å². The molecule has 0 amide bonds. The van der Waals surface area contributed by atoms with E-state index >= 15 is 0 Å². The molecule has 2 nitrogen and oxygen atoms in total. The molecule has 0 radical (unpaired) electrons. The summed E-state index contributed by atoms with van der Waals surface area (Å²) < 4.78 is 0. The number of aliphatic hydroxyl groups is 1. The van der Waals surface area contributed by atoms with Crippen molar-refractivity contribution in [2.45, 2.75) is 66.0 Å². The van der Waals surface area contributed by atoms with E-state index in [4.69, 9.17) is 0 Å². The standard InChI is InChI=1S/C16H33NO/c1-11(2)7-14(5)17(6)10-15-13(4)8-12(3)9-16(15)18/h11-16,18H,7-10H2,1-6H3. The molecule has 0 heterocycles. The highest BCUT2D eigenvalue weighted by molar-refractivity contribution is 4.85. The van der Waals surface area contributed by atoms with E-state index in [0.717, 1.165) is 18.9 Å². The second-order valence-electron chi connectivity index (χ2n) is 7.20. The van der Waals surface area contributed by atoms with Crippen LogP contribution in [0.25, 0.3) is 0 Å². The van der Waals surface area contributed by atoms with Crippen molar-refractivity contribution in [2.75, 3.05) is 13.6 Å². The molecular formula is C16H33NO. The Bertz CT molecular complexity index is 229. The van der Waals surface area contributed by atoms with Gasteiger partial charge in [-0.2, -0.15) is 0 Å². The third-order valence-electron chi connectivity index (χ3n) is 4.71. The van der Waals surface area contributed by atoms with Gasteiger partial charge >= 0.3 is 0 Å². The minimum absolute atomic E-state index is 0.0996. The Kier molecular flexibility index (Phi) is 6.13. The second-order valence-corrected chi connectivity index (χ2v) is 7.20. The monoisotopic (exact) mass is 255 g/mol. The zero-order valence-corrected chi connectivity index (χ0v) is 13.2. The second kappa shape index (κ2) is 6.91. The predicted octanol–water partition coefficient (Wildman–Crippen LogP) is 3.40. The molecule has 0 aromatic carbocycles. The molecule has 5 unspecified atom stereocenters. The summed E-state index contributed by atoms with van der Waals surface area (Å²) >= 11 is 0. The molecule has 0 saturated heterocycles. The van der Waals surface area contributed by atoms with Gasteiger partial charge in [-0.3, -0.25) is 0 Å². The number of hydrogen-bond acceptors (Lipinski definition) is 2. The zero-order chi connectivity index (χ0) is 13.9. The number of nitrogens with zero attached hydrogens (tertiary/aromatic N) is 1. The Balaban J connectivity index is 2.49. The van der Waals surface area contributed by atoms with Crippen LogP contribution in [0.2, 0.25) is 0 Å². The SMILES string of the molecule is CC(C)CC(C)N(C)CC1C(C)CC(C)CC1O. The Morgan fingerprint density at radius 3 is 2.28 bits per heavy atom. The lowest BCUT2D eigenvalue weighted by Gasteiger charge is -2.40. The van der Waals surface area contributed by atoms with Gasteiger partial charge in [0.2, 0.25) is 0 Å². The Morgan fingerprint density at radius 2 is 1.78 bits per heavy atom. The van der Waals surface area contributed by atoms with Gasteiger partial charge < -0.3 is 10.0 Å². The average molecular weight is 255 g/mol. The van der Waals surface area contributed by atoms with E-state index in [1.807, 2.05) is 0 Å². The van der Waals surface area contributed by atoms with Crippen LogP contribution in [-0.2, 0) is 0 Å². The highest BCUT2D eigenvalue weighted by Gasteiger charge is 2.33. The largest absolute Gasteiger partial charge is 0.393 e. The summed E-state index contributed by atoms with van der Waals surface area (Å²) in [6.07, 6.45) is 3.40. The van der Waals surface area contributed by atoms with E-state index in [0.29, 0.717) is 23.8 Å². The summed E-state index contributed by atoms with van der Waals surface area (Å²) in [4.78, 5) is 2.44. The summed E-state index contributed by atoms with van der Waals surface area (Å²) in [5.74, 6) is 2.54. The molecule has 0 aromatic rings. The van der Waals surface area contributed by atoms with E-state index in [1.54, 1.807) is 0 Å². The van der Waals surface area contributed by atoms with Crippen LogP contribution in [0.1, 0.15) is 53.9 Å². The number of hydrogen-bond donors (Lipinski definition) is 1. The third-order valence-corrected chi connectivity index (χ3v) is 4.71. The molecule has 0 aliphatic heterocycles. The molecule has 1 N–H and O–H groups in total. The van der Waals surface area contributed by atoms with Gasteiger partial charge in [0, 0.05) is 18.5 Å². The molecule has 1 aliphatic rings. The molecular weight excluding hydrogens is 222 g/mol. The van der Waals surface area contributed by atoms with Gasteiger partial charge in [-0.25, -0.2) is 0 Å². The molecule has 0 spiro atoms. The van der Waals surface area contributed by atoms with E-state index in [1.165, 1.54) is 12.8 Å². The van der Waals surface area contributed by atoms with Gasteiger partial charge in [0.25, 0.3) is 0 Å². The number of rotatable bonds is 5. The maximum Gasteiger partial charge on any atom is 0.0585 e. The van der Waals surface area contributed by atoms with Crippen LogP contribution < -0.4 is 0 Å². The zero-order valence-electron chi connectivity index (χ0n) is 13.2. The first-order valence-electron chi connectivity index (χ1n) is 7.69. The molecule has 18 heavy (non-hydrogen) atoms. The van der Waals surface area contributed by atoms with Gasteiger partial charge in [0.05, 0.1) is 6.10 Å². The third kappa shape index (κ3) is 4.55. The van der Waals surface area contributed by atoms with E-state index in [2.05, 4.69) is 46.6 Å². The van der Waals surface area contributed by atoms with Crippen molar-refractivity contribution >= 4 is 0 Å². The van der Waals surface area contributed by atoms with Crippen molar-refractivity contribution in [2.24, 2.45) is 23.7 Å². The maximum absolute atomic E-state index is 10.3. The topological polar surface area (TPSA) is 23.5 Å². The van der Waals surface area contributed by atoms with Crippen LogP contribution in [0.4, 0.5) is 0 Å². The molecule has 1 aliphatic carbocycles. The normalized spacial score (nSPS) is 35.2. The first kappa shape index (κ1) is 16.0. The summed E-state index contributed by atoms with van der Waals surface area (Å²) in [5.41, 5.74) is 0. The van der Waals surface area contributed by atoms with Crippen molar-refractivity contribution in [1.82, 2.24) is 4.90 Å². The van der Waals surface area contributed by atoms with Crippen LogP contribution in [0.15, 0.2) is 0 Å². The lowest BCUT2D eigenvalue weighted by Crippen LogP contribution is -2.44. The van der Waals surface area contributed by atoms with E-state index in [-0.39, 0.29) is 6.10 Å². The van der Waals surface area contributed by atoms with Crippen LogP contribution in [0.3, 0.4) is 0 Å². The predicted molar refractivity (Wildman–Crippen MR) is 78.6 cm³/mol. The molecule has 0 bridgehead atoms. The van der Waals surface area contributed by atoms with Gasteiger partial charge in [-0.05, 0) is 51.0 Å². The lowest BCUT2D eigenvalue weighted by atomic mass is 9.73.